The monoisotopic (exact) mass is 490 g/mol. The Labute approximate surface area is 204 Å². The molecule has 1 saturated heterocycles. The van der Waals surface area contributed by atoms with Gasteiger partial charge in [-0.2, -0.15) is 0 Å². The molecule has 2 aromatic rings. The minimum Gasteiger partial charge on any atom is -0.462 e. The quantitative estimate of drug-likeness (QED) is 0.390. The van der Waals surface area contributed by atoms with Gasteiger partial charge >= 0.3 is 6.16 Å². The van der Waals surface area contributed by atoms with Gasteiger partial charge in [-0.3, -0.25) is 0 Å². The van der Waals surface area contributed by atoms with Crippen LogP contribution in [0.25, 0.3) is 0 Å². The van der Waals surface area contributed by atoms with Crippen molar-refractivity contribution in [3.05, 3.63) is 64.7 Å². The molecule has 0 spiro atoms. The molecule has 0 amide bonds. The second-order valence-corrected chi connectivity index (χ2v) is 8.81. The van der Waals surface area contributed by atoms with Crippen molar-refractivity contribution in [2.75, 3.05) is 6.61 Å². The SMILES string of the molecule is CCc1ccc(Cc2ccc(CO)cc2OC2O[C@H](COC(=O)OC(C)C)[C@@H](O)[C@H](O)[C@H]2O)cc1. The normalized spacial score (nSPS) is 24.3. The number of carbonyl (C=O) groups excluding carboxylic acids is 1. The zero-order chi connectivity index (χ0) is 25.5. The van der Waals surface area contributed by atoms with Crippen molar-refractivity contribution in [2.24, 2.45) is 0 Å². The standard InChI is InChI=1S/C26H34O9/c1-4-16-5-7-17(8-6-16)11-19-10-9-18(13-27)12-20(19)34-25-24(30)23(29)22(28)21(35-25)14-32-26(31)33-15(2)3/h5-10,12,15,21-25,27-30H,4,11,13-14H2,1-3H3/t21-,22-,23+,24-,25?/m1/s1. The van der Waals surface area contributed by atoms with E-state index < -0.39 is 49.6 Å². The van der Waals surface area contributed by atoms with Crippen LogP contribution in [0.4, 0.5) is 4.79 Å². The smallest absolute Gasteiger partial charge is 0.462 e. The van der Waals surface area contributed by atoms with Crippen LogP contribution < -0.4 is 4.74 Å². The summed E-state index contributed by atoms with van der Waals surface area (Å²) in [6.45, 7) is 4.78. The van der Waals surface area contributed by atoms with Crippen LogP contribution in [0.1, 0.15) is 43.0 Å². The zero-order valence-electron chi connectivity index (χ0n) is 20.2. The van der Waals surface area contributed by atoms with E-state index in [1.165, 1.54) is 5.56 Å². The molecule has 5 atom stereocenters. The molecule has 192 valence electrons. The summed E-state index contributed by atoms with van der Waals surface area (Å²) in [4.78, 5) is 11.7. The number of aliphatic hydroxyl groups excluding tert-OH is 4. The summed E-state index contributed by atoms with van der Waals surface area (Å²) < 4.78 is 21.5. The largest absolute Gasteiger partial charge is 0.508 e. The summed E-state index contributed by atoms with van der Waals surface area (Å²) in [5.41, 5.74) is 3.63. The highest BCUT2D eigenvalue weighted by molar-refractivity contribution is 5.60. The lowest BCUT2D eigenvalue weighted by Crippen LogP contribution is -2.60. The highest BCUT2D eigenvalue weighted by Gasteiger charge is 2.45. The number of ether oxygens (including phenoxy) is 4. The van der Waals surface area contributed by atoms with Gasteiger partial charge in [-0.1, -0.05) is 43.3 Å². The lowest BCUT2D eigenvalue weighted by molar-refractivity contribution is -0.278. The summed E-state index contributed by atoms with van der Waals surface area (Å²) in [5, 5.41) is 40.8. The van der Waals surface area contributed by atoms with Crippen molar-refractivity contribution in [3.63, 3.8) is 0 Å². The molecular formula is C26H34O9. The van der Waals surface area contributed by atoms with Crippen molar-refractivity contribution in [1.29, 1.82) is 0 Å². The second kappa shape index (κ2) is 12.3. The van der Waals surface area contributed by atoms with Crippen molar-refractivity contribution >= 4 is 6.16 Å². The molecule has 1 unspecified atom stereocenters. The Kier molecular flexibility index (Phi) is 9.47. The van der Waals surface area contributed by atoms with Gasteiger partial charge in [0.25, 0.3) is 0 Å². The van der Waals surface area contributed by atoms with E-state index in [4.69, 9.17) is 18.9 Å². The zero-order valence-corrected chi connectivity index (χ0v) is 20.2. The van der Waals surface area contributed by atoms with Gasteiger partial charge in [0, 0.05) is 6.42 Å². The molecule has 1 heterocycles. The number of rotatable bonds is 9. The number of hydrogen-bond donors (Lipinski definition) is 4. The first-order valence-electron chi connectivity index (χ1n) is 11.7. The molecule has 35 heavy (non-hydrogen) atoms. The van der Waals surface area contributed by atoms with Crippen molar-refractivity contribution < 1.29 is 44.2 Å². The molecule has 0 saturated carbocycles. The Bertz CT molecular complexity index is 960. The third-order valence-corrected chi connectivity index (χ3v) is 5.75. The van der Waals surface area contributed by atoms with E-state index in [0.29, 0.717) is 17.7 Å². The van der Waals surface area contributed by atoms with Crippen LogP contribution in [-0.2, 0) is 33.7 Å². The first-order valence-corrected chi connectivity index (χ1v) is 11.7. The Hall–Kier alpha value is -2.69. The van der Waals surface area contributed by atoms with Gasteiger partial charge in [-0.25, -0.2) is 4.79 Å². The van der Waals surface area contributed by atoms with Gasteiger partial charge in [0.1, 0.15) is 36.8 Å². The highest BCUT2D eigenvalue weighted by Crippen LogP contribution is 2.29. The average Bonchev–Trinajstić information content (AvgIpc) is 2.84. The minimum atomic E-state index is -1.60. The van der Waals surface area contributed by atoms with Crippen molar-refractivity contribution in [2.45, 2.75) is 77.0 Å². The summed E-state index contributed by atoms with van der Waals surface area (Å²) in [7, 11) is 0. The molecule has 1 aliphatic rings. The molecule has 0 aliphatic carbocycles. The molecule has 3 rings (SSSR count). The maximum atomic E-state index is 11.7. The van der Waals surface area contributed by atoms with E-state index in [0.717, 1.165) is 17.5 Å². The Morgan fingerprint density at radius 1 is 0.971 bits per heavy atom. The third-order valence-electron chi connectivity index (χ3n) is 5.75. The van der Waals surface area contributed by atoms with Gasteiger partial charge in [0.15, 0.2) is 0 Å². The second-order valence-electron chi connectivity index (χ2n) is 8.81. The predicted molar refractivity (Wildman–Crippen MR) is 126 cm³/mol. The van der Waals surface area contributed by atoms with Crippen LogP contribution in [-0.4, -0.2) is 70.0 Å². The van der Waals surface area contributed by atoms with Crippen LogP contribution in [0, 0.1) is 0 Å². The van der Waals surface area contributed by atoms with E-state index in [1.807, 2.05) is 18.2 Å². The summed E-state index contributed by atoms with van der Waals surface area (Å²) in [6, 6.07) is 13.4. The minimum absolute atomic E-state index is 0.217. The summed E-state index contributed by atoms with van der Waals surface area (Å²) in [5.74, 6) is 0.350. The maximum absolute atomic E-state index is 11.7. The summed E-state index contributed by atoms with van der Waals surface area (Å²) >= 11 is 0. The van der Waals surface area contributed by atoms with Crippen LogP contribution in [0.2, 0.25) is 0 Å². The van der Waals surface area contributed by atoms with E-state index in [1.54, 1.807) is 26.0 Å². The fourth-order valence-corrected chi connectivity index (χ4v) is 3.72. The molecule has 1 aliphatic heterocycles. The van der Waals surface area contributed by atoms with Gasteiger partial charge in [-0.05, 0) is 48.6 Å². The van der Waals surface area contributed by atoms with Gasteiger partial charge in [0.2, 0.25) is 6.29 Å². The van der Waals surface area contributed by atoms with Crippen LogP contribution in [0.5, 0.6) is 5.75 Å². The molecule has 0 radical (unpaired) electrons. The summed E-state index contributed by atoms with van der Waals surface area (Å²) in [6.07, 6.45) is -7.09. The van der Waals surface area contributed by atoms with Gasteiger partial charge in [0.05, 0.1) is 12.7 Å². The van der Waals surface area contributed by atoms with Gasteiger partial charge in [-0.15, -0.1) is 0 Å². The Balaban J connectivity index is 1.77. The predicted octanol–water partition coefficient (Wildman–Crippen LogP) is 2.08. The van der Waals surface area contributed by atoms with Crippen LogP contribution in [0.15, 0.2) is 42.5 Å². The highest BCUT2D eigenvalue weighted by atomic mass is 16.7. The van der Waals surface area contributed by atoms with E-state index >= 15 is 0 Å². The number of aryl methyl sites for hydroxylation is 1. The molecule has 9 heteroatoms. The number of carbonyl (C=O) groups is 1. The number of aliphatic hydroxyl groups is 4. The molecule has 0 bridgehead atoms. The number of hydrogen-bond acceptors (Lipinski definition) is 9. The third kappa shape index (κ3) is 7.16. The molecule has 9 nitrogen and oxygen atoms in total. The van der Waals surface area contributed by atoms with E-state index in [2.05, 4.69) is 19.1 Å². The fourth-order valence-electron chi connectivity index (χ4n) is 3.72. The average molecular weight is 491 g/mol. The molecule has 1 fully saturated rings. The number of benzene rings is 2. The van der Waals surface area contributed by atoms with Crippen molar-refractivity contribution in [3.8, 4) is 5.75 Å². The topological polar surface area (TPSA) is 135 Å². The van der Waals surface area contributed by atoms with E-state index in [9.17, 15) is 25.2 Å². The van der Waals surface area contributed by atoms with Crippen LogP contribution >= 0.6 is 0 Å². The molecule has 0 aromatic heterocycles. The lowest BCUT2D eigenvalue weighted by Gasteiger charge is -2.40. The van der Waals surface area contributed by atoms with E-state index in [-0.39, 0.29) is 6.61 Å². The lowest BCUT2D eigenvalue weighted by atomic mass is 9.98. The van der Waals surface area contributed by atoms with Crippen molar-refractivity contribution in [1.82, 2.24) is 0 Å². The first kappa shape index (κ1) is 26.9. The maximum Gasteiger partial charge on any atom is 0.508 e. The fraction of sp³-hybridized carbons (Fsp3) is 0.500. The molecule has 4 N–H and O–H groups in total. The van der Waals surface area contributed by atoms with Crippen LogP contribution in [0.3, 0.4) is 0 Å². The Morgan fingerprint density at radius 2 is 1.63 bits per heavy atom. The molecular weight excluding hydrogens is 456 g/mol. The molecule has 2 aromatic carbocycles. The Morgan fingerprint density at radius 3 is 2.26 bits per heavy atom. The first-order chi connectivity index (χ1) is 16.7. The van der Waals surface area contributed by atoms with Gasteiger partial charge < -0.3 is 39.4 Å².